The van der Waals surface area contributed by atoms with E-state index in [9.17, 15) is 4.79 Å². The SMILES string of the molecule is CCN(CC)CCn1c(CN)nc2cc(/C=C/C=O)ccc21. The van der Waals surface area contributed by atoms with Gasteiger partial charge in [0.1, 0.15) is 12.1 Å². The minimum atomic E-state index is 0.423. The number of carbonyl (C=O) groups excluding carboxylic acids is 1. The zero-order chi connectivity index (χ0) is 15.9. The Labute approximate surface area is 131 Å². The van der Waals surface area contributed by atoms with Crippen molar-refractivity contribution in [2.24, 2.45) is 5.73 Å². The molecule has 2 rings (SSSR count). The van der Waals surface area contributed by atoms with E-state index in [2.05, 4.69) is 28.3 Å². The van der Waals surface area contributed by atoms with Crippen LogP contribution in [0.3, 0.4) is 0 Å². The number of allylic oxidation sites excluding steroid dienone is 1. The summed E-state index contributed by atoms with van der Waals surface area (Å²) in [5, 5.41) is 0. The lowest BCUT2D eigenvalue weighted by Crippen LogP contribution is -2.27. The molecule has 0 aliphatic heterocycles. The molecular weight excluding hydrogens is 276 g/mol. The van der Waals surface area contributed by atoms with Crippen LogP contribution in [0.4, 0.5) is 0 Å². The maximum atomic E-state index is 10.4. The summed E-state index contributed by atoms with van der Waals surface area (Å²) in [7, 11) is 0. The lowest BCUT2D eigenvalue weighted by molar-refractivity contribution is -0.104. The van der Waals surface area contributed by atoms with Gasteiger partial charge in [-0.25, -0.2) is 4.98 Å². The number of aromatic nitrogens is 2. The molecule has 1 aromatic heterocycles. The second-order valence-corrected chi connectivity index (χ2v) is 5.15. The largest absolute Gasteiger partial charge is 0.326 e. The van der Waals surface area contributed by atoms with Crippen LogP contribution in [0.5, 0.6) is 0 Å². The summed E-state index contributed by atoms with van der Waals surface area (Å²) in [6, 6.07) is 6.04. The van der Waals surface area contributed by atoms with E-state index in [-0.39, 0.29) is 0 Å². The minimum absolute atomic E-state index is 0.423. The Morgan fingerprint density at radius 3 is 2.73 bits per heavy atom. The third kappa shape index (κ3) is 3.61. The zero-order valence-corrected chi connectivity index (χ0v) is 13.3. The molecule has 0 atom stereocenters. The van der Waals surface area contributed by atoms with Gasteiger partial charge in [0.2, 0.25) is 0 Å². The monoisotopic (exact) mass is 300 g/mol. The predicted octanol–water partition coefficient (Wildman–Crippen LogP) is 2.05. The molecule has 0 radical (unpaired) electrons. The van der Waals surface area contributed by atoms with Crippen LogP contribution in [-0.4, -0.2) is 40.4 Å². The number of nitrogens with zero attached hydrogens (tertiary/aromatic N) is 3. The first kappa shape index (κ1) is 16.4. The van der Waals surface area contributed by atoms with Crippen molar-refractivity contribution in [2.45, 2.75) is 26.9 Å². The fourth-order valence-corrected chi connectivity index (χ4v) is 2.64. The normalized spacial score (nSPS) is 11.8. The van der Waals surface area contributed by atoms with Crippen molar-refractivity contribution in [3.8, 4) is 0 Å². The molecule has 5 nitrogen and oxygen atoms in total. The highest BCUT2D eigenvalue weighted by Gasteiger charge is 2.10. The molecule has 0 aliphatic carbocycles. The quantitative estimate of drug-likeness (QED) is 0.598. The van der Waals surface area contributed by atoms with Crippen LogP contribution < -0.4 is 5.73 Å². The first-order valence-corrected chi connectivity index (χ1v) is 7.76. The van der Waals surface area contributed by atoms with Gasteiger partial charge in [0.05, 0.1) is 17.6 Å². The standard InChI is InChI=1S/C17H24N4O/c1-3-20(4-2)9-10-21-16-8-7-14(6-5-11-22)12-15(16)19-17(21)13-18/h5-8,11-12H,3-4,9-10,13,18H2,1-2H3/b6-5+. The van der Waals surface area contributed by atoms with Gasteiger partial charge in [-0.2, -0.15) is 0 Å². The van der Waals surface area contributed by atoms with Crippen molar-refractivity contribution in [1.82, 2.24) is 14.5 Å². The van der Waals surface area contributed by atoms with Gasteiger partial charge >= 0.3 is 0 Å². The van der Waals surface area contributed by atoms with Crippen LogP contribution in [0.15, 0.2) is 24.3 Å². The molecule has 1 heterocycles. The van der Waals surface area contributed by atoms with Crippen LogP contribution >= 0.6 is 0 Å². The Kier molecular flexibility index (Phi) is 5.86. The number of rotatable bonds is 8. The zero-order valence-electron chi connectivity index (χ0n) is 13.3. The van der Waals surface area contributed by atoms with E-state index in [1.165, 1.54) is 6.08 Å². The van der Waals surface area contributed by atoms with Crippen molar-refractivity contribution in [3.63, 3.8) is 0 Å². The maximum absolute atomic E-state index is 10.4. The van der Waals surface area contributed by atoms with E-state index < -0.39 is 0 Å². The lowest BCUT2D eigenvalue weighted by Gasteiger charge is -2.19. The number of nitrogens with two attached hydrogens (primary N) is 1. The summed E-state index contributed by atoms with van der Waals surface area (Å²) in [6.45, 7) is 8.72. The number of carbonyl (C=O) groups is 1. The van der Waals surface area contributed by atoms with Gasteiger partial charge in [-0.1, -0.05) is 26.0 Å². The number of fused-ring (bicyclic) bond motifs is 1. The molecule has 118 valence electrons. The Hall–Kier alpha value is -1.98. The molecule has 22 heavy (non-hydrogen) atoms. The number of imidazole rings is 1. The van der Waals surface area contributed by atoms with Crippen molar-refractivity contribution in [2.75, 3.05) is 19.6 Å². The van der Waals surface area contributed by atoms with Crippen molar-refractivity contribution in [1.29, 1.82) is 0 Å². The predicted molar refractivity (Wildman–Crippen MR) is 90.5 cm³/mol. The number of likely N-dealkylation sites (N-methyl/N-ethyl adjacent to an activating group) is 1. The minimum Gasteiger partial charge on any atom is -0.326 e. The van der Waals surface area contributed by atoms with Crippen LogP contribution in [-0.2, 0) is 17.9 Å². The Morgan fingerprint density at radius 2 is 2.09 bits per heavy atom. The average Bonchev–Trinajstić information content (AvgIpc) is 2.91. The first-order valence-electron chi connectivity index (χ1n) is 7.76. The van der Waals surface area contributed by atoms with E-state index >= 15 is 0 Å². The van der Waals surface area contributed by atoms with Gasteiger partial charge in [0, 0.05) is 13.1 Å². The molecule has 0 saturated carbocycles. The second-order valence-electron chi connectivity index (χ2n) is 5.15. The van der Waals surface area contributed by atoms with Crippen molar-refractivity contribution >= 4 is 23.4 Å². The smallest absolute Gasteiger partial charge is 0.142 e. The Balaban J connectivity index is 2.32. The van der Waals surface area contributed by atoms with Gasteiger partial charge in [-0.05, 0) is 36.9 Å². The molecule has 0 amide bonds. The molecule has 0 spiro atoms. The molecule has 5 heteroatoms. The first-order chi connectivity index (χ1) is 10.7. The van der Waals surface area contributed by atoms with Gasteiger partial charge in [0.25, 0.3) is 0 Å². The fraction of sp³-hybridized carbons (Fsp3) is 0.412. The molecule has 2 N–H and O–H groups in total. The van der Waals surface area contributed by atoms with E-state index in [4.69, 9.17) is 5.73 Å². The summed E-state index contributed by atoms with van der Waals surface area (Å²) in [5.74, 6) is 0.902. The van der Waals surface area contributed by atoms with E-state index in [1.807, 2.05) is 18.2 Å². The van der Waals surface area contributed by atoms with Gasteiger partial charge in [0.15, 0.2) is 0 Å². The molecule has 0 unspecified atom stereocenters. The van der Waals surface area contributed by atoms with Crippen molar-refractivity contribution < 1.29 is 4.79 Å². The van der Waals surface area contributed by atoms with Crippen LogP contribution in [0.2, 0.25) is 0 Å². The number of aldehydes is 1. The Morgan fingerprint density at radius 1 is 1.32 bits per heavy atom. The van der Waals surface area contributed by atoms with E-state index in [1.54, 1.807) is 6.08 Å². The summed E-state index contributed by atoms with van der Waals surface area (Å²) in [5.41, 5.74) is 8.83. The van der Waals surface area contributed by atoms with Crippen LogP contribution in [0, 0.1) is 0 Å². The average molecular weight is 300 g/mol. The molecule has 0 bridgehead atoms. The number of benzene rings is 1. The highest BCUT2D eigenvalue weighted by Crippen LogP contribution is 2.19. The summed E-state index contributed by atoms with van der Waals surface area (Å²) in [6.07, 6.45) is 4.05. The number of hydrogen-bond donors (Lipinski definition) is 1. The van der Waals surface area contributed by atoms with Gasteiger partial charge in [-0.15, -0.1) is 0 Å². The molecule has 0 aliphatic rings. The van der Waals surface area contributed by atoms with Crippen LogP contribution in [0.1, 0.15) is 25.2 Å². The van der Waals surface area contributed by atoms with E-state index in [0.717, 1.165) is 54.9 Å². The highest BCUT2D eigenvalue weighted by molar-refractivity contribution is 5.81. The molecule has 0 saturated heterocycles. The third-order valence-corrected chi connectivity index (χ3v) is 3.94. The number of hydrogen-bond acceptors (Lipinski definition) is 4. The molecule has 1 aromatic carbocycles. The Bertz CT molecular complexity index is 656. The second kappa shape index (κ2) is 7.87. The topological polar surface area (TPSA) is 64.2 Å². The summed E-state index contributed by atoms with van der Waals surface area (Å²) >= 11 is 0. The molecule has 2 aromatic rings. The summed E-state index contributed by atoms with van der Waals surface area (Å²) in [4.78, 5) is 17.4. The van der Waals surface area contributed by atoms with Crippen molar-refractivity contribution in [3.05, 3.63) is 35.7 Å². The molecular formula is C17H24N4O. The lowest BCUT2D eigenvalue weighted by atomic mass is 10.2. The summed E-state index contributed by atoms with van der Waals surface area (Å²) < 4.78 is 2.20. The van der Waals surface area contributed by atoms with Gasteiger partial charge in [-0.3, -0.25) is 4.79 Å². The maximum Gasteiger partial charge on any atom is 0.142 e. The van der Waals surface area contributed by atoms with Gasteiger partial charge < -0.3 is 15.2 Å². The van der Waals surface area contributed by atoms with Crippen LogP contribution in [0.25, 0.3) is 17.1 Å². The van der Waals surface area contributed by atoms with E-state index in [0.29, 0.717) is 6.54 Å². The fourth-order valence-electron chi connectivity index (χ4n) is 2.64. The highest BCUT2D eigenvalue weighted by atomic mass is 16.1. The third-order valence-electron chi connectivity index (χ3n) is 3.94. The molecule has 0 fully saturated rings.